The highest BCUT2D eigenvalue weighted by molar-refractivity contribution is 5.95. The number of para-hydroxylation sites is 4. The van der Waals surface area contributed by atoms with E-state index in [1.165, 1.54) is 22.3 Å². The smallest absolute Gasteiger partial charge is 0.0468 e. The number of anilines is 6. The van der Waals surface area contributed by atoms with E-state index in [0.29, 0.717) is 0 Å². The van der Waals surface area contributed by atoms with E-state index in [0.717, 1.165) is 45.3 Å². The molecule has 2 heteroatoms. The van der Waals surface area contributed by atoms with E-state index in [4.69, 9.17) is 0 Å². The second-order valence-electron chi connectivity index (χ2n) is 12.2. The molecular formula is C48H36N2. The lowest BCUT2D eigenvalue weighted by molar-refractivity contribution is 1.28. The molecule has 238 valence electrons. The molecule has 50 heavy (non-hydrogen) atoms. The summed E-state index contributed by atoms with van der Waals surface area (Å²) in [7, 11) is 0. The summed E-state index contributed by atoms with van der Waals surface area (Å²) in [5.74, 6) is 0. The van der Waals surface area contributed by atoms with Crippen molar-refractivity contribution in [3.63, 3.8) is 0 Å². The zero-order valence-electron chi connectivity index (χ0n) is 27.7. The average molecular weight is 641 g/mol. The lowest BCUT2D eigenvalue weighted by Crippen LogP contribution is -2.10. The Balaban J connectivity index is 1.36. The standard InChI is InChI=1S/C48H36N2/c1-6-19-37(20-7-1)45-31-16-17-32-46(45)47-34-33-44(50(41-26-12-4-13-27-41)42-28-14-5-15-29-42)36-48(47)38-21-18-30-43(35-38)49(39-22-8-2-9-23-39)40-24-10-3-11-25-40/h1-36H. The van der Waals surface area contributed by atoms with Crippen molar-refractivity contribution >= 4 is 34.1 Å². The Morgan fingerprint density at radius 1 is 0.200 bits per heavy atom. The Bertz CT molecular complexity index is 2220. The van der Waals surface area contributed by atoms with Crippen LogP contribution in [0.15, 0.2) is 218 Å². The predicted octanol–water partition coefficient (Wildman–Crippen LogP) is 13.6. The molecule has 0 radical (unpaired) electrons. The van der Waals surface area contributed by atoms with Crippen LogP contribution in [0.4, 0.5) is 34.1 Å². The van der Waals surface area contributed by atoms with Crippen molar-refractivity contribution in [1.82, 2.24) is 0 Å². The van der Waals surface area contributed by atoms with E-state index in [1.807, 2.05) is 0 Å². The molecule has 0 bridgehead atoms. The molecule has 0 fully saturated rings. The van der Waals surface area contributed by atoms with Crippen LogP contribution in [-0.4, -0.2) is 0 Å². The maximum absolute atomic E-state index is 2.35. The first-order valence-corrected chi connectivity index (χ1v) is 17.0. The van der Waals surface area contributed by atoms with Gasteiger partial charge in [0.2, 0.25) is 0 Å². The normalized spacial score (nSPS) is 10.8. The van der Waals surface area contributed by atoms with Gasteiger partial charge in [0.1, 0.15) is 0 Å². The summed E-state index contributed by atoms with van der Waals surface area (Å²) in [6, 6.07) is 77.7. The van der Waals surface area contributed by atoms with Crippen LogP contribution in [0.25, 0.3) is 33.4 Å². The van der Waals surface area contributed by atoms with Crippen molar-refractivity contribution < 1.29 is 0 Å². The highest BCUT2D eigenvalue weighted by atomic mass is 15.1. The summed E-state index contributed by atoms with van der Waals surface area (Å²) in [6.07, 6.45) is 0. The van der Waals surface area contributed by atoms with E-state index in [9.17, 15) is 0 Å². The molecule has 8 rings (SSSR count). The molecule has 0 unspecified atom stereocenters. The number of benzene rings is 8. The summed E-state index contributed by atoms with van der Waals surface area (Å²) in [4.78, 5) is 4.66. The Hall–Kier alpha value is -6.64. The number of hydrogen-bond donors (Lipinski definition) is 0. The third-order valence-electron chi connectivity index (χ3n) is 9.04. The molecule has 0 aromatic heterocycles. The van der Waals surface area contributed by atoms with Crippen LogP contribution in [0.3, 0.4) is 0 Å². The van der Waals surface area contributed by atoms with Gasteiger partial charge in [-0.3, -0.25) is 0 Å². The minimum Gasteiger partial charge on any atom is -0.310 e. The Morgan fingerprint density at radius 3 is 1.06 bits per heavy atom. The van der Waals surface area contributed by atoms with Gasteiger partial charge < -0.3 is 9.80 Å². The van der Waals surface area contributed by atoms with Gasteiger partial charge in [-0.25, -0.2) is 0 Å². The maximum atomic E-state index is 2.35. The number of nitrogens with zero attached hydrogens (tertiary/aromatic N) is 2. The fourth-order valence-corrected chi connectivity index (χ4v) is 6.75. The molecule has 0 spiro atoms. The average Bonchev–Trinajstić information content (AvgIpc) is 3.20. The number of hydrogen-bond acceptors (Lipinski definition) is 2. The minimum absolute atomic E-state index is 1.09. The number of rotatable bonds is 9. The Labute approximate surface area is 294 Å². The van der Waals surface area contributed by atoms with Crippen LogP contribution in [0.2, 0.25) is 0 Å². The van der Waals surface area contributed by atoms with Crippen molar-refractivity contribution in [1.29, 1.82) is 0 Å². The van der Waals surface area contributed by atoms with Crippen LogP contribution in [0.5, 0.6) is 0 Å². The van der Waals surface area contributed by atoms with Crippen LogP contribution in [0.1, 0.15) is 0 Å². The molecule has 0 heterocycles. The molecule has 0 aliphatic heterocycles. The maximum Gasteiger partial charge on any atom is 0.0468 e. The molecule has 8 aromatic carbocycles. The molecule has 0 saturated carbocycles. The van der Waals surface area contributed by atoms with Crippen molar-refractivity contribution in [3.8, 4) is 33.4 Å². The fraction of sp³-hybridized carbons (Fsp3) is 0. The van der Waals surface area contributed by atoms with E-state index in [2.05, 4.69) is 228 Å². The van der Waals surface area contributed by atoms with Gasteiger partial charge in [-0.15, -0.1) is 0 Å². The zero-order chi connectivity index (χ0) is 33.5. The monoisotopic (exact) mass is 640 g/mol. The molecule has 0 atom stereocenters. The van der Waals surface area contributed by atoms with E-state index >= 15 is 0 Å². The SMILES string of the molecule is c1ccc(-c2ccccc2-c2ccc(N(c3ccccc3)c3ccccc3)cc2-c2cccc(N(c3ccccc3)c3ccccc3)c2)cc1. The highest BCUT2D eigenvalue weighted by Crippen LogP contribution is 2.44. The predicted molar refractivity (Wildman–Crippen MR) is 212 cm³/mol. The van der Waals surface area contributed by atoms with Gasteiger partial charge in [-0.1, -0.05) is 146 Å². The molecule has 0 saturated heterocycles. The van der Waals surface area contributed by atoms with Crippen molar-refractivity contribution in [2.24, 2.45) is 0 Å². The van der Waals surface area contributed by atoms with Gasteiger partial charge in [-0.2, -0.15) is 0 Å². The summed E-state index contributed by atoms with van der Waals surface area (Å²) < 4.78 is 0. The molecule has 0 aliphatic carbocycles. The Kier molecular flexibility index (Phi) is 8.73. The van der Waals surface area contributed by atoms with Gasteiger partial charge in [0.15, 0.2) is 0 Å². The van der Waals surface area contributed by atoms with E-state index < -0.39 is 0 Å². The second-order valence-corrected chi connectivity index (χ2v) is 12.2. The largest absolute Gasteiger partial charge is 0.310 e. The topological polar surface area (TPSA) is 6.48 Å². The third kappa shape index (κ3) is 6.31. The second kappa shape index (κ2) is 14.2. The van der Waals surface area contributed by atoms with Gasteiger partial charge in [0.05, 0.1) is 0 Å². The summed E-state index contributed by atoms with van der Waals surface area (Å²) in [6.45, 7) is 0. The lowest BCUT2D eigenvalue weighted by atomic mass is 9.88. The van der Waals surface area contributed by atoms with Crippen LogP contribution in [0, 0.1) is 0 Å². The van der Waals surface area contributed by atoms with Crippen molar-refractivity contribution in [2.45, 2.75) is 0 Å². The lowest BCUT2D eigenvalue weighted by Gasteiger charge is -2.28. The van der Waals surface area contributed by atoms with Crippen molar-refractivity contribution in [2.75, 3.05) is 9.80 Å². The van der Waals surface area contributed by atoms with E-state index in [1.54, 1.807) is 0 Å². The highest BCUT2D eigenvalue weighted by Gasteiger charge is 2.19. The van der Waals surface area contributed by atoms with Gasteiger partial charge >= 0.3 is 0 Å². The molecular weight excluding hydrogens is 605 g/mol. The first-order chi connectivity index (χ1) is 24.8. The summed E-state index contributed by atoms with van der Waals surface area (Å²) in [5, 5.41) is 0. The van der Waals surface area contributed by atoms with Gasteiger partial charge in [0.25, 0.3) is 0 Å². The van der Waals surface area contributed by atoms with Crippen LogP contribution < -0.4 is 9.80 Å². The Morgan fingerprint density at radius 2 is 0.560 bits per heavy atom. The van der Waals surface area contributed by atoms with Gasteiger partial charge in [0, 0.05) is 34.1 Å². The van der Waals surface area contributed by atoms with E-state index in [-0.39, 0.29) is 0 Å². The van der Waals surface area contributed by atoms with Crippen LogP contribution >= 0.6 is 0 Å². The van der Waals surface area contributed by atoms with Crippen molar-refractivity contribution in [3.05, 3.63) is 218 Å². The van der Waals surface area contributed by atoms with Crippen LogP contribution in [-0.2, 0) is 0 Å². The molecule has 8 aromatic rings. The molecule has 0 amide bonds. The fourth-order valence-electron chi connectivity index (χ4n) is 6.75. The first-order valence-electron chi connectivity index (χ1n) is 17.0. The summed E-state index contributed by atoms with van der Waals surface area (Å²) >= 11 is 0. The summed E-state index contributed by atoms with van der Waals surface area (Å²) in [5.41, 5.74) is 13.7. The molecule has 2 nitrogen and oxygen atoms in total. The zero-order valence-corrected chi connectivity index (χ0v) is 27.7. The minimum atomic E-state index is 1.09. The quantitative estimate of drug-likeness (QED) is 0.155. The van der Waals surface area contributed by atoms with Gasteiger partial charge in [-0.05, 0) is 106 Å². The molecule has 0 N–H and O–H groups in total. The third-order valence-corrected chi connectivity index (χ3v) is 9.04. The molecule has 0 aliphatic rings. The first kappa shape index (κ1) is 30.7.